The molecule has 0 aliphatic carbocycles. The van der Waals surface area contributed by atoms with Gasteiger partial charge in [0, 0.05) is 0 Å². The minimum absolute atomic E-state index is 0.0796. The SMILES string of the molecule is CNS(=O)(=O)c1ccc2nc(NC(=O)CN3CCCCCC3)sc2c1. The summed E-state index contributed by atoms with van der Waals surface area (Å²) in [6.07, 6.45) is 4.73. The largest absolute Gasteiger partial charge is 0.301 e. The van der Waals surface area contributed by atoms with E-state index in [1.54, 1.807) is 12.1 Å². The van der Waals surface area contributed by atoms with Gasteiger partial charge in [0.1, 0.15) is 0 Å². The average molecular weight is 383 g/mol. The lowest BCUT2D eigenvalue weighted by molar-refractivity contribution is -0.117. The topological polar surface area (TPSA) is 91.4 Å². The number of anilines is 1. The van der Waals surface area contributed by atoms with Crippen LogP contribution in [0.2, 0.25) is 0 Å². The molecule has 0 bridgehead atoms. The van der Waals surface area contributed by atoms with Crippen molar-refractivity contribution in [3.8, 4) is 0 Å². The van der Waals surface area contributed by atoms with Crippen LogP contribution in [0.1, 0.15) is 25.7 Å². The van der Waals surface area contributed by atoms with Crippen LogP contribution in [0, 0.1) is 0 Å². The molecule has 1 aliphatic heterocycles. The number of amides is 1. The molecule has 0 atom stereocenters. The second kappa shape index (κ2) is 7.77. The number of rotatable bonds is 5. The molecule has 136 valence electrons. The highest BCUT2D eigenvalue weighted by atomic mass is 32.2. The summed E-state index contributed by atoms with van der Waals surface area (Å²) in [5.74, 6) is -0.0796. The van der Waals surface area contributed by atoms with Crippen LogP contribution in [0.3, 0.4) is 0 Å². The maximum atomic E-state index is 12.3. The number of carbonyl (C=O) groups is 1. The summed E-state index contributed by atoms with van der Waals surface area (Å²) < 4.78 is 26.8. The number of sulfonamides is 1. The van der Waals surface area contributed by atoms with E-state index in [0.29, 0.717) is 17.2 Å². The highest BCUT2D eigenvalue weighted by molar-refractivity contribution is 7.89. The van der Waals surface area contributed by atoms with E-state index in [0.717, 1.165) is 30.6 Å². The number of fused-ring (bicyclic) bond motifs is 1. The van der Waals surface area contributed by atoms with Gasteiger partial charge in [-0.05, 0) is 51.2 Å². The van der Waals surface area contributed by atoms with Gasteiger partial charge in [0.2, 0.25) is 15.9 Å². The molecule has 1 aromatic heterocycles. The first kappa shape index (κ1) is 18.2. The Bertz CT molecular complexity index is 855. The van der Waals surface area contributed by atoms with E-state index in [1.165, 1.54) is 37.3 Å². The first-order chi connectivity index (χ1) is 12.0. The predicted octanol–water partition coefficient (Wildman–Crippen LogP) is 2.02. The van der Waals surface area contributed by atoms with Crippen molar-refractivity contribution in [2.24, 2.45) is 0 Å². The van der Waals surface area contributed by atoms with Crippen molar-refractivity contribution < 1.29 is 13.2 Å². The molecule has 1 aliphatic rings. The molecule has 1 aromatic carbocycles. The van der Waals surface area contributed by atoms with E-state index in [1.807, 2.05) is 0 Å². The summed E-state index contributed by atoms with van der Waals surface area (Å²) in [5.41, 5.74) is 0.671. The van der Waals surface area contributed by atoms with Gasteiger partial charge in [0.25, 0.3) is 0 Å². The van der Waals surface area contributed by atoms with Crippen molar-refractivity contribution in [1.29, 1.82) is 0 Å². The van der Waals surface area contributed by atoms with E-state index in [4.69, 9.17) is 0 Å². The molecule has 2 N–H and O–H groups in total. The van der Waals surface area contributed by atoms with E-state index in [9.17, 15) is 13.2 Å². The minimum Gasteiger partial charge on any atom is -0.301 e. The molecule has 0 spiro atoms. The van der Waals surface area contributed by atoms with Crippen molar-refractivity contribution in [3.63, 3.8) is 0 Å². The van der Waals surface area contributed by atoms with Gasteiger partial charge in [-0.25, -0.2) is 18.1 Å². The van der Waals surface area contributed by atoms with Crippen LogP contribution < -0.4 is 10.0 Å². The molecular formula is C16H22N4O3S2. The number of hydrogen-bond donors (Lipinski definition) is 2. The van der Waals surface area contributed by atoms with Crippen molar-refractivity contribution in [2.45, 2.75) is 30.6 Å². The number of hydrogen-bond acceptors (Lipinski definition) is 6. The molecule has 0 saturated carbocycles. The second-order valence-corrected chi connectivity index (χ2v) is 9.01. The van der Waals surface area contributed by atoms with Crippen LogP contribution in [-0.2, 0) is 14.8 Å². The summed E-state index contributed by atoms with van der Waals surface area (Å²) in [4.78, 5) is 19.0. The first-order valence-corrected chi connectivity index (χ1v) is 10.6. The Morgan fingerprint density at radius 1 is 1.24 bits per heavy atom. The second-order valence-electron chi connectivity index (χ2n) is 6.09. The number of thiazole rings is 1. The van der Waals surface area contributed by atoms with Gasteiger partial charge < -0.3 is 5.32 Å². The van der Waals surface area contributed by atoms with Crippen LogP contribution in [0.15, 0.2) is 23.1 Å². The van der Waals surface area contributed by atoms with Gasteiger partial charge in [0.05, 0.1) is 21.7 Å². The lowest BCUT2D eigenvalue weighted by Crippen LogP contribution is -2.33. The number of nitrogens with zero attached hydrogens (tertiary/aromatic N) is 2. The molecule has 2 heterocycles. The fourth-order valence-electron chi connectivity index (χ4n) is 2.90. The van der Waals surface area contributed by atoms with E-state index >= 15 is 0 Å². The molecule has 1 fully saturated rings. The average Bonchev–Trinajstić information content (AvgIpc) is 2.80. The molecule has 25 heavy (non-hydrogen) atoms. The molecule has 3 rings (SSSR count). The quantitative estimate of drug-likeness (QED) is 0.825. The van der Waals surface area contributed by atoms with Crippen LogP contribution in [-0.4, -0.2) is 50.9 Å². The van der Waals surface area contributed by atoms with Gasteiger partial charge in [-0.3, -0.25) is 9.69 Å². The third-order valence-corrected chi connectivity index (χ3v) is 6.60. The minimum atomic E-state index is -3.49. The number of aromatic nitrogens is 1. The molecule has 0 radical (unpaired) electrons. The van der Waals surface area contributed by atoms with E-state index in [2.05, 4.69) is 19.9 Å². The van der Waals surface area contributed by atoms with Gasteiger partial charge >= 0.3 is 0 Å². The van der Waals surface area contributed by atoms with Gasteiger partial charge in [-0.1, -0.05) is 24.2 Å². The highest BCUT2D eigenvalue weighted by Gasteiger charge is 2.16. The molecule has 9 heteroatoms. The lowest BCUT2D eigenvalue weighted by Gasteiger charge is -2.18. The summed E-state index contributed by atoms with van der Waals surface area (Å²) in [6, 6.07) is 4.74. The number of carbonyl (C=O) groups excluding carboxylic acids is 1. The zero-order valence-electron chi connectivity index (χ0n) is 14.1. The Balaban J connectivity index is 1.70. The zero-order valence-corrected chi connectivity index (χ0v) is 15.8. The summed E-state index contributed by atoms with van der Waals surface area (Å²) >= 11 is 1.28. The van der Waals surface area contributed by atoms with Crippen molar-refractivity contribution in [3.05, 3.63) is 18.2 Å². The van der Waals surface area contributed by atoms with Crippen LogP contribution in [0.4, 0.5) is 5.13 Å². The third kappa shape index (κ3) is 4.55. The molecule has 7 nitrogen and oxygen atoms in total. The maximum absolute atomic E-state index is 12.3. The summed E-state index contributed by atoms with van der Waals surface area (Å²) in [6.45, 7) is 2.28. The molecule has 1 amide bonds. The molecule has 1 saturated heterocycles. The smallest absolute Gasteiger partial charge is 0.240 e. The molecule has 2 aromatic rings. The molecular weight excluding hydrogens is 360 g/mol. The van der Waals surface area contributed by atoms with Crippen molar-refractivity contribution in [1.82, 2.24) is 14.6 Å². The van der Waals surface area contributed by atoms with Crippen LogP contribution >= 0.6 is 11.3 Å². The Morgan fingerprint density at radius 3 is 2.64 bits per heavy atom. The van der Waals surface area contributed by atoms with Crippen molar-refractivity contribution in [2.75, 3.05) is 32.0 Å². The van der Waals surface area contributed by atoms with Crippen LogP contribution in [0.5, 0.6) is 0 Å². The lowest BCUT2D eigenvalue weighted by atomic mass is 10.2. The fourth-order valence-corrected chi connectivity index (χ4v) is 4.65. The Labute approximate surface area is 151 Å². The number of nitrogens with one attached hydrogen (secondary N) is 2. The van der Waals surface area contributed by atoms with Gasteiger partial charge in [0.15, 0.2) is 5.13 Å². The normalized spacial score (nSPS) is 16.7. The number of benzene rings is 1. The molecule has 0 unspecified atom stereocenters. The highest BCUT2D eigenvalue weighted by Crippen LogP contribution is 2.28. The Morgan fingerprint density at radius 2 is 1.96 bits per heavy atom. The Hall–Kier alpha value is -1.55. The predicted molar refractivity (Wildman–Crippen MR) is 99.4 cm³/mol. The summed E-state index contributed by atoms with van der Waals surface area (Å²) in [5, 5.41) is 3.33. The van der Waals surface area contributed by atoms with E-state index < -0.39 is 10.0 Å². The van der Waals surface area contributed by atoms with Gasteiger partial charge in [-0.15, -0.1) is 0 Å². The number of likely N-dealkylation sites (tertiary alicyclic amines) is 1. The van der Waals surface area contributed by atoms with E-state index in [-0.39, 0.29) is 10.8 Å². The third-order valence-electron chi connectivity index (χ3n) is 4.25. The fraction of sp³-hybridized carbons (Fsp3) is 0.500. The Kier molecular flexibility index (Phi) is 5.67. The zero-order chi connectivity index (χ0) is 17.9. The monoisotopic (exact) mass is 382 g/mol. The van der Waals surface area contributed by atoms with Crippen LogP contribution in [0.25, 0.3) is 10.2 Å². The van der Waals surface area contributed by atoms with Crippen molar-refractivity contribution >= 4 is 42.6 Å². The van der Waals surface area contributed by atoms with Gasteiger partial charge in [-0.2, -0.15) is 0 Å². The summed E-state index contributed by atoms with van der Waals surface area (Å²) in [7, 11) is -2.12. The maximum Gasteiger partial charge on any atom is 0.240 e. The standard InChI is InChI=1S/C16H22N4O3S2/c1-17-25(22,23)12-6-7-13-14(10-12)24-16(18-13)19-15(21)11-20-8-4-2-3-5-9-20/h6-7,10,17H,2-5,8-9,11H2,1H3,(H,18,19,21). The first-order valence-electron chi connectivity index (χ1n) is 8.34.